The Balaban J connectivity index is 1.81. The van der Waals surface area contributed by atoms with E-state index >= 15 is 0 Å². The first-order chi connectivity index (χ1) is 11.7. The quantitative estimate of drug-likeness (QED) is 0.830. The summed E-state index contributed by atoms with van der Waals surface area (Å²) in [4.78, 5) is 13.7. The summed E-state index contributed by atoms with van der Waals surface area (Å²) in [5.74, 6) is -0.172. The van der Waals surface area contributed by atoms with Gasteiger partial charge in [-0.25, -0.2) is 0 Å². The van der Waals surface area contributed by atoms with Crippen molar-refractivity contribution in [3.63, 3.8) is 0 Å². The van der Waals surface area contributed by atoms with Gasteiger partial charge in [0.1, 0.15) is 0 Å². The van der Waals surface area contributed by atoms with Gasteiger partial charge in [-0.3, -0.25) is 9.69 Å². The molecule has 2 rings (SSSR count). The second-order valence-electron chi connectivity index (χ2n) is 5.77. The first kappa shape index (κ1) is 19.3. The lowest BCUT2D eigenvalue weighted by molar-refractivity contribution is -0.137. The molecule has 7 heteroatoms. The maximum atomic E-state index is 12.5. The van der Waals surface area contributed by atoms with E-state index in [2.05, 4.69) is 5.32 Å². The molecule has 0 saturated heterocycles. The molecule has 0 radical (unpaired) electrons. The van der Waals surface area contributed by atoms with Crippen molar-refractivity contribution in [2.75, 3.05) is 13.6 Å². The largest absolute Gasteiger partial charge is 0.416 e. The van der Waals surface area contributed by atoms with Gasteiger partial charge in [-0.15, -0.1) is 0 Å². The molecule has 0 aromatic heterocycles. The fourth-order valence-electron chi connectivity index (χ4n) is 2.32. The van der Waals surface area contributed by atoms with Gasteiger partial charge in [0.25, 0.3) is 0 Å². The first-order valence-corrected chi connectivity index (χ1v) is 7.97. The van der Waals surface area contributed by atoms with E-state index in [-0.39, 0.29) is 12.5 Å². The number of nitrogens with one attached hydrogen (secondary N) is 1. The van der Waals surface area contributed by atoms with Crippen molar-refractivity contribution in [3.8, 4) is 0 Å². The Bertz CT molecular complexity index is 717. The summed E-state index contributed by atoms with van der Waals surface area (Å²) >= 11 is 5.88. The van der Waals surface area contributed by atoms with Crippen molar-refractivity contribution < 1.29 is 18.0 Å². The zero-order valence-corrected chi connectivity index (χ0v) is 14.4. The number of likely N-dealkylation sites (N-methyl/N-ethyl adjacent to an activating group) is 1. The second-order valence-corrected chi connectivity index (χ2v) is 6.21. The molecule has 0 atom stereocenters. The molecular formula is C18H18ClF3N2O. The molecule has 0 heterocycles. The fourth-order valence-corrected chi connectivity index (χ4v) is 2.53. The van der Waals surface area contributed by atoms with Gasteiger partial charge in [0.05, 0.1) is 12.1 Å². The summed E-state index contributed by atoms with van der Waals surface area (Å²) in [6.45, 7) is 0.887. The van der Waals surface area contributed by atoms with Gasteiger partial charge in [-0.2, -0.15) is 13.2 Å². The van der Waals surface area contributed by atoms with E-state index in [4.69, 9.17) is 11.6 Å². The highest BCUT2D eigenvalue weighted by Crippen LogP contribution is 2.29. The smallest absolute Gasteiger partial charge is 0.351 e. The average Bonchev–Trinajstić information content (AvgIpc) is 2.52. The molecule has 2 aromatic rings. The maximum absolute atomic E-state index is 12.5. The van der Waals surface area contributed by atoms with Gasteiger partial charge in [0.2, 0.25) is 5.91 Å². The van der Waals surface area contributed by atoms with Crippen LogP contribution >= 0.6 is 11.6 Å². The lowest BCUT2D eigenvalue weighted by Crippen LogP contribution is -2.34. The van der Waals surface area contributed by atoms with Crippen LogP contribution in [0.2, 0.25) is 5.02 Å². The Kier molecular flexibility index (Phi) is 6.45. The molecular weight excluding hydrogens is 353 g/mol. The van der Waals surface area contributed by atoms with Crippen LogP contribution in [0.25, 0.3) is 0 Å². The Hall–Kier alpha value is -2.05. The number of carbonyl (C=O) groups excluding carboxylic acids is 1. The van der Waals surface area contributed by atoms with Crippen molar-refractivity contribution in [1.29, 1.82) is 0 Å². The molecule has 0 unspecified atom stereocenters. The molecule has 0 aliphatic carbocycles. The van der Waals surface area contributed by atoms with Crippen LogP contribution in [0.15, 0.2) is 48.5 Å². The third kappa shape index (κ3) is 6.40. The summed E-state index contributed by atoms with van der Waals surface area (Å²) < 4.78 is 37.6. The van der Waals surface area contributed by atoms with E-state index in [9.17, 15) is 18.0 Å². The van der Waals surface area contributed by atoms with E-state index in [0.717, 1.165) is 17.7 Å². The number of nitrogens with zero attached hydrogens (tertiary/aromatic N) is 1. The van der Waals surface area contributed by atoms with Crippen LogP contribution in [0.3, 0.4) is 0 Å². The number of benzene rings is 2. The second kappa shape index (κ2) is 8.36. The van der Waals surface area contributed by atoms with E-state index in [0.29, 0.717) is 23.7 Å². The Labute approximate surface area is 149 Å². The molecule has 1 amide bonds. The van der Waals surface area contributed by atoms with Crippen LogP contribution in [0.4, 0.5) is 13.2 Å². The Morgan fingerprint density at radius 1 is 1.12 bits per heavy atom. The third-order valence-electron chi connectivity index (χ3n) is 3.53. The highest BCUT2D eigenvalue weighted by Gasteiger charge is 2.29. The van der Waals surface area contributed by atoms with E-state index < -0.39 is 11.7 Å². The molecule has 0 fully saturated rings. The molecule has 0 bridgehead atoms. The average molecular weight is 371 g/mol. The van der Waals surface area contributed by atoms with E-state index in [1.165, 1.54) is 12.1 Å². The van der Waals surface area contributed by atoms with Gasteiger partial charge in [0, 0.05) is 18.1 Å². The van der Waals surface area contributed by atoms with Gasteiger partial charge in [-0.05, 0) is 42.4 Å². The lowest BCUT2D eigenvalue weighted by atomic mass is 10.1. The number of alkyl halides is 3. The molecule has 0 aliphatic rings. The van der Waals surface area contributed by atoms with Crippen molar-refractivity contribution in [2.45, 2.75) is 19.3 Å². The van der Waals surface area contributed by atoms with Crippen LogP contribution in [-0.2, 0) is 24.1 Å². The Morgan fingerprint density at radius 3 is 2.40 bits per heavy atom. The Morgan fingerprint density at radius 2 is 1.80 bits per heavy atom. The molecule has 0 aliphatic heterocycles. The van der Waals surface area contributed by atoms with Crippen molar-refractivity contribution in [3.05, 3.63) is 70.2 Å². The minimum atomic E-state index is -4.34. The molecule has 25 heavy (non-hydrogen) atoms. The van der Waals surface area contributed by atoms with Crippen LogP contribution in [0, 0.1) is 0 Å². The molecule has 2 aromatic carbocycles. The first-order valence-electron chi connectivity index (χ1n) is 7.60. The summed E-state index contributed by atoms with van der Waals surface area (Å²) in [6.07, 6.45) is -4.34. The highest BCUT2D eigenvalue weighted by molar-refractivity contribution is 6.30. The molecule has 0 spiro atoms. The minimum absolute atomic E-state index is 0.140. The lowest BCUT2D eigenvalue weighted by Gasteiger charge is -2.17. The van der Waals surface area contributed by atoms with Gasteiger partial charge >= 0.3 is 6.18 Å². The topological polar surface area (TPSA) is 32.3 Å². The third-order valence-corrected chi connectivity index (χ3v) is 3.76. The molecule has 1 N–H and O–H groups in total. The van der Waals surface area contributed by atoms with E-state index in [1.807, 2.05) is 6.07 Å². The number of carbonyl (C=O) groups is 1. The van der Waals surface area contributed by atoms with Gasteiger partial charge < -0.3 is 5.32 Å². The van der Waals surface area contributed by atoms with Crippen LogP contribution < -0.4 is 5.32 Å². The summed E-state index contributed by atoms with van der Waals surface area (Å²) in [6, 6.07) is 12.1. The predicted molar refractivity (Wildman–Crippen MR) is 91.1 cm³/mol. The number of hydrogen-bond acceptors (Lipinski definition) is 2. The van der Waals surface area contributed by atoms with E-state index in [1.54, 1.807) is 30.1 Å². The number of halogens is 4. The van der Waals surface area contributed by atoms with Crippen LogP contribution in [-0.4, -0.2) is 24.4 Å². The number of hydrogen-bond donors (Lipinski definition) is 1. The minimum Gasteiger partial charge on any atom is -0.351 e. The normalized spacial score (nSPS) is 11.6. The number of amides is 1. The summed E-state index contributed by atoms with van der Waals surface area (Å²) in [5, 5.41) is 3.39. The van der Waals surface area contributed by atoms with Gasteiger partial charge in [0.15, 0.2) is 0 Å². The fraction of sp³-hybridized carbons (Fsp3) is 0.278. The van der Waals surface area contributed by atoms with Crippen molar-refractivity contribution in [1.82, 2.24) is 10.2 Å². The molecule has 134 valence electrons. The SMILES string of the molecule is CN(CC(=O)NCc1cccc(Cl)c1)Cc1ccc(C(F)(F)F)cc1. The van der Waals surface area contributed by atoms with Gasteiger partial charge in [-0.1, -0.05) is 35.9 Å². The standard InChI is InChI=1S/C18H18ClF3N2O/c1-24(11-13-5-7-15(8-6-13)18(20,21)22)12-17(25)23-10-14-3-2-4-16(19)9-14/h2-9H,10-12H2,1H3,(H,23,25). The summed E-state index contributed by atoms with van der Waals surface area (Å²) in [7, 11) is 1.73. The predicted octanol–water partition coefficient (Wildman–Crippen LogP) is 4.11. The molecule has 0 saturated carbocycles. The number of rotatable bonds is 6. The van der Waals surface area contributed by atoms with Crippen molar-refractivity contribution in [2.24, 2.45) is 0 Å². The van der Waals surface area contributed by atoms with Crippen LogP contribution in [0.1, 0.15) is 16.7 Å². The van der Waals surface area contributed by atoms with Crippen LogP contribution in [0.5, 0.6) is 0 Å². The van der Waals surface area contributed by atoms with Crippen molar-refractivity contribution >= 4 is 17.5 Å². The monoisotopic (exact) mass is 370 g/mol. The zero-order chi connectivity index (χ0) is 18.4. The highest BCUT2D eigenvalue weighted by atomic mass is 35.5. The maximum Gasteiger partial charge on any atom is 0.416 e. The molecule has 3 nitrogen and oxygen atoms in total. The zero-order valence-electron chi connectivity index (χ0n) is 13.6. The summed E-state index contributed by atoms with van der Waals surface area (Å²) in [5.41, 5.74) is 0.919.